The van der Waals surface area contributed by atoms with Gasteiger partial charge in [-0.2, -0.15) is 0 Å². The fraction of sp³-hybridized carbons (Fsp3) is 0.111. The summed E-state index contributed by atoms with van der Waals surface area (Å²) in [5.41, 5.74) is 0.606. The van der Waals surface area contributed by atoms with Crippen molar-refractivity contribution in [2.75, 3.05) is 5.32 Å². The molecule has 0 fully saturated rings. The molecule has 0 aliphatic carbocycles. The van der Waals surface area contributed by atoms with E-state index in [1.165, 1.54) is 17.0 Å². The van der Waals surface area contributed by atoms with Gasteiger partial charge < -0.3 is 5.32 Å². The summed E-state index contributed by atoms with van der Waals surface area (Å²) < 4.78 is 55.6. The van der Waals surface area contributed by atoms with Gasteiger partial charge in [-0.3, -0.25) is 9.36 Å². The number of carbonyl (C=O) groups is 1. The van der Waals surface area contributed by atoms with E-state index in [1.807, 2.05) is 0 Å². The van der Waals surface area contributed by atoms with Crippen LogP contribution < -0.4 is 5.32 Å². The fourth-order valence-corrected chi connectivity index (χ4v) is 3.06. The van der Waals surface area contributed by atoms with Crippen molar-refractivity contribution in [2.24, 2.45) is 0 Å². The Morgan fingerprint density at radius 1 is 1.00 bits per heavy atom. The van der Waals surface area contributed by atoms with E-state index in [0.29, 0.717) is 11.3 Å². The summed E-state index contributed by atoms with van der Waals surface area (Å²) in [6.07, 6.45) is 1.22. The summed E-state index contributed by atoms with van der Waals surface area (Å²) in [6.45, 7) is 0. The van der Waals surface area contributed by atoms with E-state index in [-0.39, 0.29) is 17.9 Å². The molecule has 4 nitrogen and oxygen atoms in total. The van der Waals surface area contributed by atoms with Crippen molar-refractivity contribution in [1.82, 2.24) is 9.55 Å². The van der Waals surface area contributed by atoms with Crippen LogP contribution in [0.1, 0.15) is 23.6 Å². The second kappa shape index (κ2) is 5.98. The van der Waals surface area contributed by atoms with Crippen LogP contribution in [0.25, 0.3) is 5.69 Å². The predicted molar refractivity (Wildman–Crippen MR) is 84.9 cm³/mol. The van der Waals surface area contributed by atoms with Crippen molar-refractivity contribution >= 4 is 11.7 Å². The maximum atomic E-state index is 14.1. The van der Waals surface area contributed by atoms with Gasteiger partial charge in [-0.25, -0.2) is 22.5 Å². The number of hydrogen-bond donors (Lipinski definition) is 1. The number of imidazole rings is 1. The number of carbonyl (C=O) groups excluding carboxylic acids is 1. The summed E-state index contributed by atoms with van der Waals surface area (Å²) >= 11 is 0. The molecule has 1 aliphatic heterocycles. The van der Waals surface area contributed by atoms with Gasteiger partial charge in [0.05, 0.1) is 11.4 Å². The second-order valence-corrected chi connectivity index (χ2v) is 5.92. The summed E-state index contributed by atoms with van der Waals surface area (Å²) in [5.74, 6) is -4.25. The second-order valence-electron chi connectivity index (χ2n) is 5.92. The number of rotatable bonds is 2. The molecular formula is C18H11F4N3O. The van der Waals surface area contributed by atoms with Crippen LogP contribution in [0.2, 0.25) is 0 Å². The molecule has 1 aromatic heterocycles. The average molecular weight is 361 g/mol. The van der Waals surface area contributed by atoms with Crippen molar-refractivity contribution in [1.29, 1.82) is 0 Å². The van der Waals surface area contributed by atoms with Crippen LogP contribution in [0, 0.1) is 23.3 Å². The molecule has 26 heavy (non-hydrogen) atoms. The Hall–Kier alpha value is -3.16. The monoisotopic (exact) mass is 361 g/mol. The molecule has 2 aromatic carbocycles. The van der Waals surface area contributed by atoms with Gasteiger partial charge in [0.1, 0.15) is 23.8 Å². The molecule has 1 atom stereocenters. The zero-order valence-corrected chi connectivity index (χ0v) is 13.1. The molecule has 1 N–H and O–H groups in total. The topological polar surface area (TPSA) is 46.9 Å². The van der Waals surface area contributed by atoms with Crippen molar-refractivity contribution in [3.05, 3.63) is 77.3 Å². The van der Waals surface area contributed by atoms with E-state index < -0.39 is 35.1 Å². The first-order valence-electron chi connectivity index (χ1n) is 7.71. The van der Waals surface area contributed by atoms with Gasteiger partial charge in [0, 0.05) is 18.4 Å². The van der Waals surface area contributed by atoms with Crippen LogP contribution in [0.3, 0.4) is 0 Å². The molecule has 0 radical (unpaired) electrons. The molecule has 1 amide bonds. The van der Waals surface area contributed by atoms with Crippen LogP contribution in [-0.2, 0) is 4.79 Å². The molecule has 2 heterocycles. The first kappa shape index (κ1) is 16.3. The molecule has 0 bridgehead atoms. The van der Waals surface area contributed by atoms with Crippen LogP contribution in [-0.4, -0.2) is 15.5 Å². The van der Waals surface area contributed by atoms with Gasteiger partial charge in [-0.15, -0.1) is 0 Å². The summed E-state index contributed by atoms with van der Waals surface area (Å²) in [6, 6.07) is 6.27. The minimum Gasteiger partial charge on any atom is -0.310 e. The van der Waals surface area contributed by atoms with E-state index in [9.17, 15) is 22.4 Å². The third-order valence-corrected chi connectivity index (χ3v) is 4.29. The number of halogens is 4. The molecule has 8 heteroatoms. The number of fused-ring (bicyclic) bond motifs is 1. The lowest BCUT2D eigenvalue weighted by atomic mass is 9.89. The molecule has 0 unspecified atom stereocenters. The molecule has 3 aromatic rings. The third-order valence-electron chi connectivity index (χ3n) is 4.29. The number of anilines is 1. The Morgan fingerprint density at radius 2 is 1.77 bits per heavy atom. The predicted octanol–water partition coefficient (Wildman–Crippen LogP) is 3.90. The smallest absolute Gasteiger partial charge is 0.226 e. The van der Waals surface area contributed by atoms with Crippen LogP contribution in [0.4, 0.5) is 23.4 Å². The highest BCUT2D eigenvalue weighted by atomic mass is 19.2. The molecule has 0 saturated heterocycles. The maximum Gasteiger partial charge on any atom is 0.226 e. The van der Waals surface area contributed by atoms with Crippen molar-refractivity contribution in [2.45, 2.75) is 12.3 Å². The molecule has 4 rings (SSSR count). The largest absolute Gasteiger partial charge is 0.310 e. The number of nitrogens with one attached hydrogen (secondary N) is 1. The van der Waals surface area contributed by atoms with Gasteiger partial charge >= 0.3 is 0 Å². The van der Waals surface area contributed by atoms with Gasteiger partial charge in [0.2, 0.25) is 5.91 Å². The number of benzene rings is 2. The third kappa shape index (κ3) is 2.63. The van der Waals surface area contributed by atoms with E-state index in [0.717, 1.165) is 30.3 Å². The Labute approximate surface area is 145 Å². The van der Waals surface area contributed by atoms with Gasteiger partial charge in [0.25, 0.3) is 0 Å². The number of nitrogens with zero attached hydrogens (tertiary/aromatic N) is 2. The summed E-state index contributed by atoms with van der Waals surface area (Å²) in [7, 11) is 0. The number of amides is 1. The SMILES string of the molecule is O=C1C[C@@H](c2ccc(F)c(F)c2)c2ncn(-c3cc(F)ccc3F)c2N1. The Bertz CT molecular complexity index is 1030. The number of aromatic nitrogens is 2. The lowest BCUT2D eigenvalue weighted by Crippen LogP contribution is -2.25. The number of hydrogen-bond acceptors (Lipinski definition) is 2. The lowest BCUT2D eigenvalue weighted by molar-refractivity contribution is -0.116. The summed E-state index contributed by atoms with van der Waals surface area (Å²) in [4.78, 5) is 16.3. The highest BCUT2D eigenvalue weighted by Gasteiger charge is 2.32. The molecule has 132 valence electrons. The standard InChI is InChI=1S/C18H11F4N3O/c19-10-2-4-13(21)15(6-10)25-8-23-17-11(7-16(26)24-18(17)25)9-1-3-12(20)14(22)5-9/h1-6,8,11H,7H2,(H,24,26)/t11-/m0/s1. The normalized spacial score (nSPS) is 16.3. The first-order valence-corrected chi connectivity index (χ1v) is 7.71. The quantitative estimate of drug-likeness (QED) is 0.704. The molecule has 0 spiro atoms. The van der Waals surface area contributed by atoms with Crippen LogP contribution >= 0.6 is 0 Å². The van der Waals surface area contributed by atoms with E-state index in [1.54, 1.807) is 0 Å². The average Bonchev–Trinajstić information content (AvgIpc) is 3.02. The lowest BCUT2D eigenvalue weighted by Gasteiger charge is -2.23. The highest BCUT2D eigenvalue weighted by Crippen LogP contribution is 2.38. The van der Waals surface area contributed by atoms with Gasteiger partial charge in [-0.05, 0) is 29.8 Å². The Morgan fingerprint density at radius 3 is 2.54 bits per heavy atom. The van der Waals surface area contributed by atoms with E-state index in [4.69, 9.17) is 0 Å². The zero-order chi connectivity index (χ0) is 18.4. The van der Waals surface area contributed by atoms with Crippen molar-refractivity contribution in [3.63, 3.8) is 0 Å². The molecular weight excluding hydrogens is 350 g/mol. The van der Waals surface area contributed by atoms with Gasteiger partial charge in [0.15, 0.2) is 11.6 Å². The minimum absolute atomic E-state index is 0.0271. The van der Waals surface area contributed by atoms with Gasteiger partial charge in [-0.1, -0.05) is 6.07 Å². The minimum atomic E-state index is -1.04. The molecule has 1 aliphatic rings. The van der Waals surface area contributed by atoms with Crippen LogP contribution in [0.15, 0.2) is 42.7 Å². The maximum absolute atomic E-state index is 14.1. The Balaban J connectivity index is 1.85. The van der Waals surface area contributed by atoms with Crippen molar-refractivity contribution in [3.8, 4) is 5.69 Å². The van der Waals surface area contributed by atoms with E-state index in [2.05, 4.69) is 10.3 Å². The Kier molecular flexibility index (Phi) is 3.75. The zero-order valence-electron chi connectivity index (χ0n) is 13.1. The fourth-order valence-electron chi connectivity index (χ4n) is 3.06. The van der Waals surface area contributed by atoms with E-state index >= 15 is 0 Å². The first-order chi connectivity index (χ1) is 12.4. The highest BCUT2D eigenvalue weighted by molar-refractivity contribution is 5.94. The van der Waals surface area contributed by atoms with Crippen LogP contribution in [0.5, 0.6) is 0 Å². The molecule has 0 saturated carbocycles. The van der Waals surface area contributed by atoms with Crippen molar-refractivity contribution < 1.29 is 22.4 Å². The summed E-state index contributed by atoms with van der Waals surface area (Å²) in [5, 5.41) is 2.58.